The summed E-state index contributed by atoms with van der Waals surface area (Å²) in [7, 11) is 1.82. The molecule has 2 rings (SSSR count). The van der Waals surface area contributed by atoms with Gasteiger partial charge >= 0.3 is 6.09 Å². The van der Waals surface area contributed by atoms with Gasteiger partial charge in [-0.1, -0.05) is 5.21 Å². The Hall–Kier alpha value is -1.11. The number of aromatic nitrogens is 3. The molecule has 1 aromatic heterocycles. The predicted molar refractivity (Wildman–Crippen MR) is 83.0 cm³/mol. The first-order chi connectivity index (χ1) is 9.76. The second-order valence-corrected chi connectivity index (χ2v) is 7.39. The van der Waals surface area contributed by atoms with Gasteiger partial charge in [-0.3, -0.25) is 0 Å². The smallest absolute Gasteiger partial charge is 0.410 e. The molecule has 0 unspecified atom stereocenters. The number of carbonyl (C=O) groups is 1. The molecule has 0 saturated heterocycles. The third kappa shape index (κ3) is 4.43. The predicted octanol–water partition coefficient (Wildman–Crippen LogP) is 3.39. The third-order valence-electron chi connectivity index (χ3n) is 3.75. The van der Waals surface area contributed by atoms with Crippen LogP contribution in [0.2, 0.25) is 0 Å². The van der Waals surface area contributed by atoms with Crippen LogP contribution in [0, 0.1) is 0 Å². The van der Waals surface area contributed by atoms with Gasteiger partial charge in [-0.25, -0.2) is 9.48 Å². The number of amides is 1. The van der Waals surface area contributed by atoms with Crippen molar-refractivity contribution in [1.29, 1.82) is 0 Å². The average Bonchev–Trinajstić information content (AvgIpc) is 2.83. The zero-order valence-corrected chi connectivity index (χ0v) is 14.6. The molecule has 6 nitrogen and oxygen atoms in total. The Bertz CT molecular complexity index is 489. The molecule has 0 atom stereocenters. The van der Waals surface area contributed by atoms with Crippen LogP contribution >= 0.6 is 15.9 Å². The van der Waals surface area contributed by atoms with Gasteiger partial charge in [0.2, 0.25) is 0 Å². The number of nitrogens with zero attached hydrogens (tertiary/aromatic N) is 4. The minimum Gasteiger partial charge on any atom is -0.444 e. The van der Waals surface area contributed by atoms with Gasteiger partial charge in [-0.15, -0.1) is 5.10 Å². The Morgan fingerprint density at radius 1 is 1.38 bits per heavy atom. The fourth-order valence-electron chi connectivity index (χ4n) is 2.63. The van der Waals surface area contributed by atoms with Crippen molar-refractivity contribution in [2.24, 2.45) is 0 Å². The molecule has 0 aliphatic heterocycles. The Labute approximate surface area is 134 Å². The number of hydrogen-bond donors (Lipinski definition) is 0. The maximum absolute atomic E-state index is 12.1. The highest BCUT2D eigenvalue weighted by Gasteiger charge is 2.30. The number of ether oxygens (including phenoxy) is 1. The first kappa shape index (κ1) is 16.3. The number of hydrogen-bond acceptors (Lipinski definition) is 4. The topological polar surface area (TPSA) is 60.2 Å². The van der Waals surface area contributed by atoms with Gasteiger partial charge in [0.05, 0.1) is 12.2 Å². The van der Waals surface area contributed by atoms with Gasteiger partial charge in [0, 0.05) is 13.1 Å². The molecular weight excluding hydrogens is 336 g/mol. The van der Waals surface area contributed by atoms with Crippen molar-refractivity contribution in [2.45, 2.75) is 64.1 Å². The monoisotopic (exact) mass is 358 g/mol. The summed E-state index contributed by atoms with van der Waals surface area (Å²) in [5, 5.41) is 8.07. The summed E-state index contributed by atoms with van der Waals surface area (Å²) < 4.78 is 8.09. The van der Waals surface area contributed by atoms with Gasteiger partial charge in [0.15, 0.2) is 0 Å². The van der Waals surface area contributed by atoms with Crippen molar-refractivity contribution in [3.05, 3.63) is 10.8 Å². The average molecular weight is 359 g/mol. The standard InChI is InChI=1S/C14H23BrN4O2/c1-14(2,3)21-13(20)18(4)10-5-7-11(8-6-10)19-9-12(15)16-17-19/h9-11H,5-8H2,1-4H3. The van der Waals surface area contributed by atoms with E-state index in [2.05, 4.69) is 26.2 Å². The number of rotatable bonds is 2. The minimum absolute atomic E-state index is 0.239. The van der Waals surface area contributed by atoms with E-state index in [0.29, 0.717) is 6.04 Å². The highest BCUT2D eigenvalue weighted by Crippen LogP contribution is 2.31. The van der Waals surface area contributed by atoms with E-state index < -0.39 is 5.60 Å². The van der Waals surface area contributed by atoms with E-state index in [-0.39, 0.29) is 12.1 Å². The van der Waals surface area contributed by atoms with Gasteiger partial charge in [-0.05, 0) is 62.4 Å². The zero-order chi connectivity index (χ0) is 15.6. The molecule has 0 bridgehead atoms. The van der Waals surface area contributed by atoms with Crippen LogP contribution in [0.1, 0.15) is 52.5 Å². The van der Waals surface area contributed by atoms with E-state index in [9.17, 15) is 4.79 Å². The Balaban J connectivity index is 1.87. The Morgan fingerprint density at radius 2 is 2.00 bits per heavy atom. The second kappa shape index (κ2) is 6.34. The van der Waals surface area contributed by atoms with Gasteiger partial charge in [-0.2, -0.15) is 0 Å². The Morgan fingerprint density at radius 3 is 2.48 bits per heavy atom. The van der Waals surface area contributed by atoms with Crippen molar-refractivity contribution in [1.82, 2.24) is 19.9 Å². The maximum atomic E-state index is 12.1. The molecule has 0 spiro atoms. The molecular formula is C14H23BrN4O2. The molecule has 0 radical (unpaired) electrons. The fourth-order valence-corrected chi connectivity index (χ4v) is 2.91. The van der Waals surface area contributed by atoms with E-state index in [4.69, 9.17) is 4.74 Å². The lowest BCUT2D eigenvalue weighted by molar-refractivity contribution is 0.0172. The molecule has 118 valence electrons. The minimum atomic E-state index is -0.449. The van der Waals surface area contributed by atoms with Crippen molar-refractivity contribution >= 4 is 22.0 Å². The summed E-state index contributed by atoms with van der Waals surface area (Å²) >= 11 is 3.32. The van der Waals surface area contributed by atoms with E-state index in [1.165, 1.54) is 0 Å². The Kier molecular flexibility index (Phi) is 4.91. The van der Waals surface area contributed by atoms with Crippen LogP contribution in [-0.4, -0.2) is 44.7 Å². The van der Waals surface area contributed by atoms with Crippen LogP contribution in [0.25, 0.3) is 0 Å². The molecule has 1 aliphatic rings. The van der Waals surface area contributed by atoms with Gasteiger partial charge in [0.1, 0.15) is 10.2 Å². The summed E-state index contributed by atoms with van der Waals surface area (Å²) in [6.07, 6.45) is 5.56. The maximum Gasteiger partial charge on any atom is 0.410 e. The van der Waals surface area contributed by atoms with Crippen molar-refractivity contribution < 1.29 is 9.53 Å². The zero-order valence-electron chi connectivity index (χ0n) is 13.0. The lowest BCUT2D eigenvalue weighted by Gasteiger charge is -2.35. The summed E-state index contributed by atoms with van der Waals surface area (Å²) in [6, 6.07) is 0.607. The van der Waals surface area contributed by atoms with Crippen LogP contribution in [0.3, 0.4) is 0 Å². The summed E-state index contributed by atoms with van der Waals surface area (Å²) in [5.41, 5.74) is -0.449. The van der Waals surface area contributed by atoms with E-state index >= 15 is 0 Å². The largest absolute Gasteiger partial charge is 0.444 e. The highest BCUT2D eigenvalue weighted by molar-refractivity contribution is 9.10. The molecule has 1 amide bonds. The van der Waals surface area contributed by atoms with Crippen LogP contribution in [0.5, 0.6) is 0 Å². The molecule has 1 aromatic rings. The fraction of sp³-hybridized carbons (Fsp3) is 0.786. The second-order valence-electron chi connectivity index (χ2n) is 6.57. The number of halogens is 1. The summed E-state index contributed by atoms with van der Waals surface area (Å²) in [6.45, 7) is 5.66. The molecule has 1 heterocycles. The lowest BCUT2D eigenvalue weighted by Crippen LogP contribution is -2.42. The normalized spacial score (nSPS) is 22.9. The first-order valence-corrected chi connectivity index (χ1v) is 8.09. The van der Waals surface area contributed by atoms with Gasteiger partial charge < -0.3 is 9.64 Å². The van der Waals surface area contributed by atoms with Crippen LogP contribution < -0.4 is 0 Å². The quantitative estimate of drug-likeness (QED) is 0.812. The van der Waals surface area contributed by atoms with Crippen LogP contribution in [0.15, 0.2) is 10.8 Å². The van der Waals surface area contributed by atoms with E-state index in [0.717, 1.165) is 30.3 Å². The molecule has 1 fully saturated rings. The lowest BCUT2D eigenvalue weighted by atomic mass is 9.90. The molecule has 21 heavy (non-hydrogen) atoms. The highest BCUT2D eigenvalue weighted by atomic mass is 79.9. The van der Waals surface area contributed by atoms with Crippen molar-refractivity contribution in [2.75, 3.05) is 7.05 Å². The number of carbonyl (C=O) groups excluding carboxylic acids is 1. The summed E-state index contributed by atoms with van der Waals surface area (Å²) in [4.78, 5) is 13.8. The molecule has 0 N–H and O–H groups in total. The third-order valence-corrected chi connectivity index (χ3v) is 4.12. The van der Waals surface area contributed by atoms with E-state index in [1.807, 2.05) is 38.7 Å². The van der Waals surface area contributed by atoms with Crippen LogP contribution in [0.4, 0.5) is 4.79 Å². The van der Waals surface area contributed by atoms with E-state index in [1.54, 1.807) is 4.90 Å². The first-order valence-electron chi connectivity index (χ1n) is 7.29. The molecule has 1 aliphatic carbocycles. The SMILES string of the molecule is CN(C(=O)OC(C)(C)C)C1CCC(n2cc(Br)nn2)CC1. The molecule has 7 heteroatoms. The molecule has 0 aromatic carbocycles. The van der Waals surface area contributed by atoms with Crippen LogP contribution in [-0.2, 0) is 4.74 Å². The molecule has 1 saturated carbocycles. The van der Waals surface area contributed by atoms with Crippen molar-refractivity contribution in [3.63, 3.8) is 0 Å². The van der Waals surface area contributed by atoms with Gasteiger partial charge in [0.25, 0.3) is 0 Å². The van der Waals surface area contributed by atoms with Crippen molar-refractivity contribution in [3.8, 4) is 0 Å². The summed E-state index contributed by atoms with van der Waals surface area (Å²) in [5.74, 6) is 0.